The molecule has 0 aliphatic heterocycles. The number of aromatic nitrogens is 2. The fourth-order valence-electron chi connectivity index (χ4n) is 2.06. The zero-order valence-corrected chi connectivity index (χ0v) is 10.5. The Morgan fingerprint density at radius 1 is 1.35 bits per heavy atom. The number of nitrogens with zero attached hydrogens (tertiary/aromatic N) is 2. The van der Waals surface area contributed by atoms with E-state index in [2.05, 4.69) is 42.5 Å². The molecule has 0 saturated carbocycles. The molecule has 2 N–H and O–H groups in total. The Hall–Kier alpha value is -1.61. The van der Waals surface area contributed by atoms with E-state index in [0.717, 1.165) is 18.4 Å². The Kier molecular flexibility index (Phi) is 3.59. The Labute approximate surface area is 102 Å². The van der Waals surface area contributed by atoms with Gasteiger partial charge >= 0.3 is 0 Å². The van der Waals surface area contributed by atoms with Gasteiger partial charge < -0.3 is 5.73 Å². The largest absolute Gasteiger partial charge is 0.326 e. The molecular weight excluding hydrogens is 210 g/mol. The average molecular weight is 229 g/mol. The van der Waals surface area contributed by atoms with Crippen LogP contribution in [0.25, 0.3) is 11.1 Å². The molecule has 1 aromatic carbocycles. The van der Waals surface area contributed by atoms with Gasteiger partial charge in [0.2, 0.25) is 0 Å². The molecule has 0 bridgehead atoms. The third-order valence-electron chi connectivity index (χ3n) is 2.87. The number of hydrogen-bond donors (Lipinski definition) is 1. The maximum atomic E-state index is 5.68. The van der Waals surface area contributed by atoms with Crippen LogP contribution < -0.4 is 5.73 Å². The average Bonchev–Trinajstić information content (AvgIpc) is 2.71. The number of benzene rings is 1. The molecule has 2 aromatic rings. The standard InChI is InChI=1S/C14H19N3/c1-3-5-14-13(10-17(2)16-14)12-7-4-6-11(8-12)9-15/h4,6-8,10H,3,5,9,15H2,1-2H3. The Balaban J connectivity index is 2.43. The quantitative estimate of drug-likeness (QED) is 0.875. The van der Waals surface area contributed by atoms with E-state index in [0.29, 0.717) is 6.54 Å². The molecule has 0 amide bonds. The number of hydrogen-bond acceptors (Lipinski definition) is 2. The van der Waals surface area contributed by atoms with Gasteiger partial charge in [-0.05, 0) is 23.6 Å². The molecule has 3 nitrogen and oxygen atoms in total. The van der Waals surface area contributed by atoms with Crippen molar-refractivity contribution >= 4 is 0 Å². The van der Waals surface area contributed by atoms with E-state index in [9.17, 15) is 0 Å². The molecule has 0 atom stereocenters. The van der Waals surface area contributed by atoms with Crippen LogP contribution >= 0.6 is 0 Å². The van der Waals surface area contributed by atoms with Crippen LogP contribution in [0.3, 0.4) is 0 Å². The maximum absolute atomic E-state index is 5.68. The SMILES string of the molecule is CCCc1nn(C)cc1-c1cccc(CN)c1. The second-order valence-corrected chi connectivity index (χ2v) is 4.32. The van der Waals surface area contributed by atoms with Crippen molar-refractivity contribution in [2.24, 2.45) is 12.8 Å². The fourth-order valence-corrected chi connectivity index (χ4v) is 2.06. The summed E-state index contributed by atoms with van der Waals surface area (Å²) in [6, 6.07) is 8.38. The van der Waals surface area contributed by atoms with E-state index in [1.807, 2.05) is 11.7 Å². The summed E-state index contributed by atoms with van der Waals surface area (Å²) in [7, 11) is 1.97. The van der Waals surface area contributed by atoms with Gasteiger partial charge in [-0.15, -0.1) is 0 Å². The van der Waals surface area contributed by atoms with Crippen LogP contribution in [0.4, 0.5) is 0 Å². The molecule has 2 rings (SSSR count). The van der Waals surface area contributed by atoms with Crippen LogP contribution in [0.2, 0.25) is 0 Å². The molecule has 0 saturated heterocycles. The topological polar surface area (TPSA) is 43.8 Å². The van der Waals surface area contributed by atoms with Gasteiger partial charge in [-0.3, -0.25) is 4.68 Å². The second kappa shape index (κ2) is 5.15. The highest BCUT2D eigenvalue weighted by molar-refractivity contribution is 5.66. The zero-order valence-electron chi connectivity index (χ0n) is 10.5. The molecule has 0 aliphatic carbocycles. The molecule has 17 heavy (non-hydrogen) atoms. The summed E-state index contributed by atoms with van der Waals surface area (Å²) in [5.74, 6) is 0. The van der Waals surface area contributed by atoms with E-state index in [-0.39, 0.29) is 0 Å². The van der Waals surface area contributed by atoms with Gasteiger partial charge in [0.25, 0.3) is 0 Å². The van der Waals surface area contributed by atoms with Gasteiger partial charge in [-0.2, -0.15) is 5.10 Å². The van der Waals surface area contributed by atoms with E-state index in [1.54, 1.807) is 0 Å². The van der Waals surface area contributed by atoms with Crippen molar-refractivity contribution in [3.8, 4) is 11.1 Å². The molecule has 0 fully saturated rings. The maximum Gasteiger partial charge on any atom is 0.0702 e. The minimum atomic E-state index is 0.581. The van der Waals surface area contributed by atoms with Gasteiger partial charge in [0, 0.05) is 25.4 Å². The number of aryl methyl sites for hydroxylation is 2. The molecule has 90 valence electrons. The molecule has 0 radical (unpaired) electrons. The highest BCUT2D eigenvalue weighted by Crippen LogP contribution is 2.24. The first-order valence-electron chi connectivity index (χ1n) is 6.06. The first kappa shape index (κ1) is 11.9. The third kappa shape index (κ3) is 2.56. The predicted octanol–water partition coefficient (Wildman–Crippen LogP) is 2.50. The van der Waals surface area contributed by atoms with E-state index in [1.165, 1.54) is 16.8 Å². The molecular formula is C14H19N3. The van der Waals surface area contributed by atoms with Crippen LogP contribution in [0.1, 0.15) is 24.6 Å². The lowest BCUT2D eigenvalue weighted by atomic mass is 10.0. The number of rotatable bonds is 4. The summed E-state index contributed by atoms with van der Waals surface area (Å²) in [4.78, 5) is 0. The lowest BCUT2D eigenvalue weighted by molar-refractivity contribution is 0.733. The number of nitrogens with two attached hydrogens (primary N) is 1. The van der Waals surface area contributed by atoms with Crippen molar-refractivity contribution in [1.29, 1.82) is 0 Å². The van der Waals surface area contributed by atoms with E-state index >= 15 is 0 Å². The third-order valence-corrected chi connectivity index (χ3v) is 2.87. The van der Waals surface area contributed by atoms with Gasteiger partial charge in [0.1, 0.15) is 0 Å². The molecule has 0 aliphatic rings. The summed E-state index contributed by atoms with van der Waals surface area (Å²) in [5, 5.41) is 4.52. The molecule has 0 spiro atoms. The van der Waals surface area contributed by atoms with Crippen LogP contribution in [-0.2, 0) is 20.0 Å². The lowest BCUT2D eigenvalue weighted by Gasteiger charge is -2.03. The van der Waals surface area contributed by atoms with Crippen LogP contribution in [0.15, 0.2) is 30.5 Å². The Bertz CT molecular complexity index is 500. The molecule has 1 heterocycles. The zero-order chi connectivity index (χ0) is 12.3. The smallest absolute Gasteiger partial charge is 0.0702 e. The Morgan fingerprint density at radius 3 is 2.88 bits per heavy atom. The first-order valence-corrected chi connectivity index (χ1v) is 6.06. The van der Waals surface area contributed by atoms with Crippen LogP contribution in [-0.4, -0.2) is 9.78 Å². The molecule has 3 heteroatoms. The predicted molar refractivity (Wildman–Crippen MR) is 70.5 cm³/mol. The molecule has 1 aromatic heterocycles. The minimum Gasteiger partial charge on any atom is -0.326 e. The van der Waals surface area contributed by atoms with Crippen molar-refractivity contribution in [1.82, 2.24) is 9.78 Å². The van der Waals surface area contributed by atoms with Crippen molar-refractivity contribution in [3.05, 3.63) is 41.7 Å². The van der Waals surface area contributed by atoms with Crippen molar-refractivity contribution in [2.45, 2.75) is 26.3 Å². The highest BCUT2D eigenvalue weighted by Gasteiger charge is 2.09. The van der Waals surface area contributed by atoms with Crippen LogP contribution in [0, 0.1) is 0 Å². The van der Waals surface area contributed by atoms with E-state index < -0.39 is 0 Å². The van der Waals surface area contributed by atoms with Gasteiger partial charge in [0.05, 0.1) is 5.69 Å². The van der Waals surface area contributed by atoms with Gasteiger partial charge in [-0.1, -0.05) is 31.5 Å². The van der Waals surface area contributed by atoms with Crippen molar-refractivity contribution in [3.63, 3.8) is 0 Å². The Morgan fingerprint density at radius 2 is 2.18 bits per heavy atom. The highest BCUT2D eigenvalue weighted by atomic mass is 15.2. The first-order chi connectivity index (χ1) is 8.24. The fraction of sp³-hybridized carbons (Fsp3) is 0.357. The van der Waals surface area contributed by atoms with Gasteiger partial charge in [-0.25, -0.2) is 0 Å². The lowest BCUT2D eigenvalue weighted by Crippen LogP contribution is -1.96. The summed E-state index contributed by atoms with van der Waals surface area (Å²) < 4.78 is 1.88. The summed E-state index contributed by atoms with van der Waals surface area (Å²) in [6.07, 6.45) is 4.21. The summed E-state index contributed by atoms with van der Waals surface area (Å²) in [6.45, 7) is 2.76. The normalized spacial score (nSPS) is 10.8. The summed E-state index contributed by atoms with van der Waals surface area (Å²) in [5.41, 5.74) is 10.4. The minimum absolute atomic E-state index is 0.581. The monoisotopic (exact) mass is 229 g/mol. The van der Waals surface area contributed by atoms with Crippen molar-refractivity contribution < 1.29 is 0 Å². The summed E-state index contributed by atoms with van der Waals surface area (Å²) >= 11 is 0. The molecule has 0 unspecified atom stereocenters. The second-order valence-electron chi connectivity index (χ2n) is 4.32. The van der Waals surface area contributed by atoms with Crippen molar-refractivity contribution in [2.75, 3.05) is 0 Å². The van der Waals surface area contributed by atoms with Crippen LogP contribution in [0.5, 0.6) is 0 Å². The van der Waals surface area contributed by atoms with E-state index in [4.69, 9.17) is 5.73 Å². The van der Waals surface area contributed by atoms with Gasteiger partial charge in [0.15, 0.2) is 0 Å².